The molecule has 0 aromatic heterocycles. The van der Waals surface area contributed by atoms with Gasteiger partial charge in [0.05, 0.1) is 13.0 Å². The van der Waals surface area contributed by atoms with Gasteiger partial charge in [0.15, 0.2) is 0 Å². The summed E-state index contributed by atoms with van der Waals surface area (Å²) in [4.78, 5) is 11.6. The van der Waals surface area contributed by atoms with E-state index in [-0.39, 0.29) is 5.97 Å². The Morgan fingerprint density at radius 2 is 1.88 bits per heavy atom. The summed E-state index contributed by atoms with van der Waals surface area (Å²) in [5.41, 5.74) is 1.24. The first-order valence-corrected chi connectivity index (χ1v) is 6.48. The lowest BCUT2D eigenvalue weighted by Crippen LogP contribution is -2.11. The van der Waals surface area contributed by atoms with Crippen LogP contribution < -0.4 is 0 Å². The predicted molar refractivity (Wildman–Crippen MR) is 70.0 cm³/mol. The van der Waals surface area contributed by atoms with Crippen molar-refractivity contribution in [1.29, 1.82) is 0 Å². The van der Waals surface area contributed by atoms with Crippen molar-refractivity contribution in [1.82, 2.24) is 0 Å². The number of hydrogen-bond acceptors (Lipinski definition) is 2. The van der Waals surface area contributed by atoms with Crippen LogP contribution in [-0.4, -0.2) is 12.6 Å². The molecule has 1 rings (SSSR count). The molecule has 0 N–H and O–H groups in total. The Morgan fingerprint density at radius 3 is 2.47 bits per heavy atom. The van der Waals surface area contributed by atoms with Crippen LogP contribution in [0.5, 0.6) is 0 Å². The van der Waals surface area contributed by atoms with Crippen LogP contribution in [0.4, 0.5) is 0 Å². The summed E-state index contributed by atoms with van der Waals surface area (Å²) in [6.45, 7) is 4.69. The van der Waals surface area contributed by atoms with Crippen molar-refractivity contribution < 1.29 is 9.53 Å². The van der Waals surface area contributed by atoms with Gasteiger partial charge in [-0.25, -0.2) is 0 Å². The molecular weight excluding hydrogens is 212 g/mol. The molecule has 94 valence electrons. The number of benzene rings is 1. The molecule has 0 unspecified atom stereocenters. The van der Waals surface area contributed by atoms with Crippen LogP contribution in [-0.2, 0) is 9.53 Å². The molecule has 0 fully saturated rings. The van der Waals surface area contributed by atoms with Crippen LogP contribution >= 0.6 is 0 Å². The molecule has 0 spiro atoms. The number of esters is 1. The van der Waals surface area contributed by atoms with Crippen LogP contribution in [0, 0.1) is 0 Å². The van der Waals surface area contributed by atoms with Gasteiger partial charge in [-0.05, 0) is 24.3 Å². The second-order valence-electron chi connectivity index (χ2n) is 4.32. The Kier molecular flexibility index (Phi) is 6.38. The molecule has 2 heteroatoms. The average Bonchev–Trinajstić information content (AvgIpc) is 2.37. The first-order valence-electron chi connectivity index (χ1n) is 6.48. The maximum absolute atomic E-state index is 11.6. The molecule has 0 aliphatic rings. The van der Waals surface area contributed by atoms with E-state index in [1.807, 2.05) is 25.1 Å². The highest BCUT2D eigenvalue weighted by Gasteiger charge is 2.15. The van der Waals surface area contributed by atoms with Gasteiger partial charge in [-0.1, -0.05) is 50.6 Å². The van der Waals surface area contributed by atoms with E-state index in [0.29, 0.717) is 18.9 Å². The van der Waals surface area contributed by atoms with E-state index in [4.69, 9.17) is 4.74 Å². The molecule has 0 radical (unpaired) electrons. The number of carbonyl (C=O) groups is 1. The summed E-state index contributed by atoms with van der Waals surface area (Å²) in [6.07, 6.45) is 3.50. The molecule has 0 aliphatic heterocycles. The third-order valence-corrected chi connectivity index (χ3v) is 2.79. The summed E-state index contributed by atoms with van der Waals surface area (Å²) in [6, 6.07) is 10.2. The van der Waals surface area contributed by atoms with Gasteiger partial charge in [0.25, 0.3) is 0 Å². The highest BCUT2D eigenvalue weighted by Crippen LogP contribution is 2.25. The van der Waals surface area contributed by atoms with E-state index in [2.05, 4.69) is 19.1 Å². The molecule has 0 heterocycles. The monoisotopic (exact) mass is 234 g/mol. The minimum Gasteiger partial charge on any atom is -0.466 e. The molecule has 1 atom stereocenters. The van der Waals surface area contributed by atoms with Crippen LogP contribution in [0.3, 0.4) is 0 Å². The predicted octanol–water partition coefficient (Wildman–Crippen LogP) is 3.91. The first kappa shape index (κ1) is 13.8. The Labute approximate surface area is 104 Å². The van der Waals surface area contributed by atoms with Crippen molar-refractivity contribution in [2.45, 2.75) is 45.4 Å². The highest BCUT2D eigenvalue weighted by atomic mass is 16.5. The summed E-state index contributed by atoms with van der Waals surface area (Å²) < 4.78 is 5.15. The molecule has 17 heavy (non-hydrogen) atoms. The van der Waals surface area contributed by atoms with Crippen molar-refractivity contribution in [2.24, 2.45) is 0 Å². The lowest BCUT2D eigenvalue weighted by Gasteiger charge is -2.15. The van der Waals surface area contributed by atoms with Gasteiger partial charge in [-0.3, -0.25) is 4.79 Å². The minimum atomic E-state index is -0.0749. The number of rotatable bonds is 7. The number of hydrogen-bond donors (Lipinski definition) is 0. The molecule has 2 nitrogen and oxygen atoms in total. The zero-order valence-electron chi connectivity index (χ0n) is 10.8. The summed E-state index contributed by atoms with van der Waals surface area (Å²) in [5.74, 6) is 0.222. The van der Waals surface area contributed by atoms with E-state index in [0.717, 1.165) is 19.3 Å². The summed E-state index contributed by atoms with van der Waals surface area (Å²) >= 11 is 0. The van der Waals surface area contributed by atoms with Crippen molar-refractivity contribution in [3.05, 3.63) is 35.9 Å². The molecular formula is C15H22O2. The summed E-state index contributed by atoms with van der Waals surface area (Å²) in [7, 11) is 0. The van der Waals surface area contributed by atoms with Gasteiger partial charge in [0.1, 0.15) is 0 Å². The van der Waals surface area contributed by atoms with Gasteiger partial charge in [0.2, 0.25) is 0 Å². The number of ether oxygens (including phenoxy) is 1. The quantitative estimate of drug-likeness (QED) is 0.668. The third-order valence-electron chi connectivity index (χ3n) is 2.79. The van der Waals surface area contributed by atoms with Gasteiger partial charge >= 0.3 is 5.97 Å². The fourth-order valence-corrected chi connectivity index (χ4v) is 1.94. The van der Waals surface area contributed by atoms with Crippen molar-refractivity contribution >= 4 is 5.97 Å². The molecule has 0 saturated heterocycles. The number of carbonyl (C=O) groups excluding carboxylic acids is 1. The van der Waals surface area contributed by atoms with Gasteiger partial charge in [-0.15, -0.1) is 0 Å². The largest absolute Gasteiger partial charge is 0.466 e. The maximum Gasteiger partial charge on any atom is 0.306 e. The lowest BCUT2D eigenvalue weighted by atomic mass is 9.91. The zero-order chi connectivity index (χ0) is 12.5. The van der Waals surface area contributed by atoms with Gasteiger partial charge < -0.3 is 4.74 Å². The Bertz CT molecular complexity index is 319. The van der Waals surface area contributed by atoms with Gasteiger partial charge in [-0.2, -0.15) is 0 Å². The summed E-state index contributed by atoms with van der Waals surface area (Å²) in [5, 5.41) is 0. The van der Waals surface area contributed by atoms with Crippen LogP contribution in [0.25, 0.3) is 0 Å². The topological polar surface area (TPSA) is 26.3 Å². The van der Waals surface area contributed by atoms with Crippen molar-refractivity contribution in [3.8, 4) is 0 Å². The van der Waals surface area contributed by atoms with Gasteiger partial charge in [0, 0.05) is 0 Å². The molecule has 0 bridgehead atoms. The Morgan fingerprint density at radius 1 is 1.18 bits per heavy atom. The Hall–Kier alpha value is -1.31. The standard InChI is InChI=1S/C15H22O2/c1-3-8-14(12-15(16)17-11-4-2)13-9-6-5-7-10-13/h5-7,9-10,14H,3-4,8,11-12H2,1-2H3/t14-/m0/s1. The second-order valence-corrected chi connectivity index (χ2v) is 4.32. The van der Waals surface area contributed by atoms with E-state index >= 15 is 0 Å². The Balaban J connectivity index is 2.57. The third kappa shape index (κ3) is 5.03. The van der Waals surface area contributed by atoms with Crippen molar-refractivity contribution in [3.63, 3.8) is 0 Å². The van der Waals surface area contributed by atoms with E-state index in [1.54, 1.807) is 0 Å². The van der Waals surface area contributed by atoms with Crippen LogP contribution in [0.15, 0.2) is 30.3 Å². The fraction of sp³-hybridized carbons (Fsp3) is 0.533. The average molecular weight is 234 g/mol. The minimum absolute atomic E-state index is 0.0749. The van der Waals surface area contributed by atoms with Crippen LogP contribution in [0.1, 0.15) is 51.0 Å². The highest BCUT2D eigenvalue weighted by molar-refractivity contribution is 5.70. The zero-order valence-corrected chi connectivity index (χ0v) is 10.8. The van der Waals surface area contributed by atoms with E-state index in [9.17, 15) is 4.79 Å². The molecule has 0 amide bonds. The molecule has 1 aromatic carbocycles. The molecule has 1 aromatic rings. The lowest BCUT2D eigenvalue weighted by molar-refractivity contribution is -0.144. The van der Waals surface area contributed by atoms with E-state index in [1.165, 1.54) is 5.56 Å². The molecule has 0 saturated carbocycles. The maximum atomic E-state index is 11.6. The molecule has 0 aliphatic carbocycles. The fourth-order valence-electron chi connectivity index (χ4n) is 1.94. The van der Waals surface area contributed by atoms with Crippen LogP contribution in [0.2, 0.25) is 0 Å². The second kappa shape index (κ2) is 7.88. The first-order chi connectivity index (χ1) is 8.27. The van der Waals surface area contributed by atoms with E-state index < -0.39 is 0 Å². The SMILES string of the molecule is CCCOC(=O)C[C@H](CCC)c1ccccc1. The van der Waals surface area contributed by atoms with Crippen molar-refractivity contribution in [2.75, 3.05) is 6.61 Å². The normalized spacial score (nSPS) is 12.1. The smallest absolute Gasteiger partial charge is 0.306 e.